The zero-order valence-corrected chi connectivity index (χ0v) is 11.8. The first kappa shape index (κ1) is 13.1. The summed E-state index contributed by atoms with van der Waals surface area (Å²) in [7, 11) is 0. The molecular weight excluding hydrogens is 293 g/mol. The number of nitrogens with one attached hydrogen (secondary N) is 1. The maximum atomic E-state index is 13.0. The molecule has 18 heavy (non-hydrogen) atoms. The van der Waals surface area contributed by atoms with Crippen LogP contribution in [0.1, 0.15) is 18.1 Å². The summed E-state index contributed by atoms with van der Waals surface area (Å²) in [5.74, 6) is -0.235. The van der Waals surface area contributed by atoms with Gasteiger partial charge in [-0.05, 0) is 51.7 Å². The Bertz CT molecular complexity index is 540. The predicted molar refractivity (Wildman–Crippen MR) is 77.2 cm³/mol. The standard InChI is InChI=1S/C15H15BrFN/c1-2-11-5-3-4-6-12(11)10-18-15-8-7-13(17)9-14(15)16/h3-9,18H,2,10H2,1H3. The van der Waals surface area contributed by atoms with Crippen molar-refractivity contribution in [2.24, 2.45) is 0 Å². The number of rotatable bonds is 4. The summed E-state index contributed by atoms with van der Waals surface area (Å²) in [6, 6.07) is 13.0. The summed E-state index contributed by atoms with van der Waals surface area (Å²) in [5.41, 5.74) is 3.52. The Kier molecular flexibility index (Phi) is 4.37. The van der Waals surface area contributed by atoms with Gasteiger partial charge in [-0.25, -0.2) is 4.39 Å². The molecular formula is C15H15BrFN. The van der Waals surface area contributed by atoms with Gasteiger partial charge in [-0.1, -0.05) is 31.2 Å². The molecule has 0 heterocycles. The van der Waals surface area contributed by atoms with Crippen molar-refractivity contribution in [3.63, 3.8) is 0 Å². The molecule has 3 heteroatoms. The fraction of sp³-hybridized carbons (Fsp3) is 0.200. The van der Waals surface area contributed by atoms with Crippen LogP contribution in [0.25, 0.3) is 0 Å². The van der Waals surface area contributed by atoms with Gasteiger partial charge >= 0.3 is 0 Å². The Balaban J connectivity index is 2.11. The molecule has 0 aliphatic carbocycles. The van der Waals surface area contributed by atoms with E-state index in [4.69, 9.17) is 0 Å². The van der Waals surface area contributed by atoms with E-state index in [0.717, 1.165) is 23.1 Å². The molecule has 0 saturated carbocycles. The number of hydrogen-bond donors (Lipinski definition) is 1. The van der Waals surface area contributed by atoms with Crippen molar-refractivity contribution in [3.8, 4) is 0 Å². The minimum absolute atomic E-state index is 0.235. The maximum absolute atomic E-state index is 13.0. The van der Waals surface area contributed by atoms with E-state index in [1.165, 1.54) is 23.3 Å². The molecule has 0 radical (unpaired) electrons. The second-order valence-electron chi connectivity index (χ2n) is 4.10. The van der Waals surface area contributed by atoms with Gasteiger partial charge in [-0.2, -0.15) is 0 Å². The third-order valence-electron chi connectivity index (χ3n) is 2.90. The number of halogens is 2. The van der Waals surface area contributed by atoms with Crippen LogP contribution >= 0.6 is 15.9 Å². The summed E-state index contributed by atoms with van der Waals surface area (Å²) >= 11 is 3.35. The summed E-state index contributed by atoms with van der Waals surface area (Å²) < 4.78 is 13.7. The van der Waals surface area contributed by atoms with E-state index < -0.39 is 0 Å². The molecule has 0 atom stereocenters. The first-order valence-electron chi connectivity index (χ1n) is 5.96. The molecule has 0 unspecified atom stereocenters. The molecule has 0 aliphatic rings. The van der Waals surface area contributed by atoms with E-state index in [0.29, 0.717) is 0 Å². The Morgan fingerprint density at radius 3 is 2.50 bits per heavy atom. The van der Waals surface area contributed by atoms with E-state index in [1.54, 1.807) is 6.07 Å². The molecule has 0 spiro atoms. The molecule has 2 rings (SSSR count). The molecule has 94 valence electrons. The van der Waals surface area contributed by atoms with Gasteiger partial charge in [0.15, 0.2) is 0 Å². The van der Waals surface area contributed by atoms with E-state index in [2.05, 4.69) is 46.4 Å². The normalized spacial score (nSPS) is 10.4. The highest BCUT2D eigenvalue weighted by Gasteiger charge is 2.03. The quantitative estimate of drug-likeness (QED) is 0.858. The molecule has 0 saturated heterocycles. The smallest absolute Gasteiger partial charge is 0.124 e. The zero-order valence-electron chi connectivity index (χ0n) is 10.2. The number of benzene rings is 2. The van der Waals surface area contributed by atoms with Crippen LogP contribution in [0.5, 0.6) is 0 Å². The van der Waals surface area contributed by atoms with Gasteiger partial charge in [-0.15, -0.1) is 0 Å². The minimum Gasteiger partial charge on any atom is -0.380 e. The van der Waals surface area contributed by atoms with E-state index in [1.807, 2.05) is 6.07 Å². The molecule has 0 amide bonds. The Labute approximate surface area is 115 Å². The first-order chi connectivity index (χ1) is 8.70. The molecule has 0 aromatic heterocycles. The highest BCUT2D eigenvalue weighted by molar-refractivity contribution is 9.10. The summed E-state index contributed by atoms with van der Waals surface area (Å²) in [6.07, 6.45) is 1.02. The molecule has 0 fully saturated rings. The molecule has 0 bridgehead atoms. The zero-order chi connectivity index (χ0) is 13.0. The van der Waals surface area contributed by atoms with Crippen LogP contribution in [0.15, 0.2) is 46.9 Å². The number of hydrogen-bond acceptors (Lipinski definition) is 1. The van der Waals surface area contributed by atoms with Crippen molar-refractivity contribution in [2.45, 2.75) is 19.9 Å². The van der Waals surface area contributed by atoms with Crippen molar-refractivity contribution in [2.75, 3.05) is 5.32 Å². The topological polar surface area (TPSA) is 12.0 Å². The Morgan fingerprint density at radius 2 is 1.83 bits per heavy atom. The van der Waals surface area contributed by atoms with Crippen molar-refractivity contribution in [3.05, 3.63) is 63.9 Å². The van der Waals surface area contributed by atoms with Crippen molar-refractivity contribution < 1.29 is 4.39 Å². The highest BCUT2D eigenvalue weighted by atomic mass is 79.9. The largest absolute Gasteiger partial charge is 0.380 e. The monoisotopic (exact) mass is 307 g/mol. The van der Waals surface area contributed by atoms with E-state index in [-0.39, 0.29) is 5.82 Å². The second kappa shape index (κ2) is 6.01. The van der Waals surface area contributed by atoms with E-state index in [9.17, 15) is 4.39 Å². The third kappa shape index (κ3) is 3.10. The summed E-state index contributed by atoms with van der Waals surface area (Å²) in [5, 5.41) is 3.32. The third-order valence-corrected chi connectivity index (χ3v) is 3.56. The van der Waals surface area contributed by atoms with Gasteiger partial charge in [0, 0.05) is 16.7 Å². The van der Waals surface area contributed by atoms with Gasteiger partial charge in [0.1, 0.15) is 5.82 Å². The van der Waals surface area contributed by atoms with Gasteiger partial charge in [0.05, 0.1) is 0 Å². The van der Waals surface area contributed by atoms with Gasteiger partial charge < -0.3 is 5.32 Å². The van der Waals surface area contributed by atoms with Crippen LogP contribution in [-0.4, -0.2) is 0 Å². The predicted octanol–water partition coefficient (Wildman–Crippen LogP) is 4.76. The number of anilines is 1. The van der Waals surface area contributed by atoms with Gasteiger partial charge in [0.2, 0.25) is 0 Å². The fourth-order valence-corrected chi connectivity index (χ4v) is 2.39. The first-order valence-corrected chi connectivity index (χ1v) is 6.75. The van der Waals surface area contributed by atoms with E-state index >= 15 is 0 Å². The molecule has 1 N–H and O–H groups in total. The summed E-state index contributed by atoms with van der Waals surface area (Å²) in [6.45, 7) is 2.89. The SMILES string of the molecule is CCc1ccccc1CNc1ccc(F)cc1Br. The molecule has 2 aromatic carbocycles. The van der Waals surface area contributed by atoms with Crippen LogP contribution in [0, 0.1) is 5.82 Å². The van der Waals surface area contributed by atoms with Crippen molar-refractivity contribution >= 4 is 21.6 Å². The second-order valence-corrected chi connectivity index (χ2v) is 4.95. The molecule has 1 nitrogen and oxygen atoms in total. The van der Waals surface area contributed by atoms with Crippen LogP contribution in [0.4, 0.5) is 10.1 Å². The van der Waals surface area contributed by atoms with Crippen molar-refractivity contribution in [1.82, 2.24) is 0 Å². The molecule has 2 aromatic rings. The van der Waals surface area contributed by atoms with Crippen LogP contribution in [0.3, 0.4) is 0 Å². The highest BCUT2D eigenvalue weighted by Crippen LogP contribution is 2.24. The fourth-order valence-electron chi connectivity index (χ4n) is 1.90. The van der Waals surface area contributed by atoms with Crippen LogP contribution in [0.2, 0.25) is 0 Å². The lowest BCUT2D eigenvalue weighted by Crippen LogP contribution is -2.03. The Hall–Kier alpha value is -1.35. The minimum atomic E-state index is -0.235. The van der Waals surface area contributed by atoms with Gasteiger partial charge in [0.25, 0.3) is 0 Å². The molecule has 0 aliphatic heterocycles. The van der Waals surface area contributed by atoms with Crippen molar-refractivity contribution in [1.29, 1.82) is 0 Å². The lowest BCUT2D eigenvalue weighted by atomic mass is 10.1. The van der Waals surface area contributed by atoms with Crippen LogP contribution in [-0.2, 0) is 13.0 Å². The number of aryl methyl sites for hydroxylation is 1. The van der Waals surface area contributed by atoms with Crippen LogP contribution < -0.4 is 5.32 Å². The lowest BCUT2D eigenvalue weighted by Gasteiger charge is -2.11. The van der Waals surface area contributed by atoms with Gasteiger partial charge in [-0.3, -0.25) is 0 Å². The average Bonchev–Trinajstić information content (AvgIpc) is 2.38. The Morgan fingerprint density at radius 1 is 1.11 bits per heavy atom. The summed E-state index contributed by atoms with van der Waals surface area (Å²) in [4.78, 5) is 0. The average molecular weight is 308 g/mol. The maximum Gasteiger partial charge on any atom is 0.124 e. The lowest BCUT2D eigenvalue weighted by molar-refractivity contribution is 0.627.